The molecule has 2 aromatic rings. The number of benzene rings is 2. The Balaban J connectivity index is 2.31. The van der Waals surface area contributed by atoms with E-state index in [9.17, 15) is 0 Å². The normalized spacial score (nSPS) is 10.5. The average Bonchev–Trinajstić information content (AvgIpc) is 2.53. The Labute approximate surface area is 137 Å². The van der Waals surface area contributed by atoms with E-state index in [1.54, 1.807) is 0 Å². The fourth-order valence-electron chi connectivity index (χ4n) is 2.43. The van der Waals surface area contributed by atoms with Crippen molar-refractivity contribution in [3.8, 4) is 0 Å². The number of hydrogen-bond acceptors (Lipinski definition) is 1. The van der Waals surface area contributed by atoms with Crippen LogP contribution in [0.4, 0.5) is 0 Å². The van der Waals surface area contributed by atoms with E-state index in [-0.39, 0.29) is 0 Å². The van der Waals surface area contributed by atoms with Gasteiger partial charge >= 0.3 is 0 Å². The van der Waals surface area contributed by atoms with E-state index >= 15 is 0 Å². The van der Waals surface area contributed by atoms with Crippen LogP contribution in [0.15, 0.2) is 54.2 Å². The summed E-state index contributed by atoms with van der Waals surface area (Å²) in [5, 5.41) is 0. The van der Waals surface area contributed by atoms with E-state index in [0.717, 1.165) is 13.0 Å². The first-order valence-corrected chi connectivity index (χ1v) is 8.92. The van der Waals surface area contributed by atoms with Gasteiger partial charge in [-0.2, -0.15) is 0 Å². The van der Waals surface area contributed by atoms with Crippen molar-refractivity contribution in [3.63, 3.8) is 0 Å². The van der Waals surface area contributed by atoms with E-state index in [0.29, 0.717) is 9.76 Å². The van der Waals surface area contributed by atoms with Gasteiger partial charge < -0.3 is 4.43 Å². The molecule has 1 nitrogen and oxygen atoms in total. The van der Waals surface area contributed by atoms with Crippen molar-refractivity contribution < 1.29 is 4.43 Å². The maximum atomic E-state index is 5.78. The average molecular weight is 308 g/mol. The van der Waals surface area contributed by atoms with Gasteiger partial charge in [0.25, 0.3) is 9.76 Å². The SMILES string of the molecule is CCCCO[Si]C=C(c1ccccc1C)c1ccccc1C. The Bertz CT molecular complexity index is 584. The molecule has 0 N–H and O–H groups in total. The molecule has 0 bridgehead atoms. The Hall–Kier alpha value is -1.64. The van der Waals surface area contributed by atoms with Crippen LogP contribution in [0.5, 0.6) is 0 Å². The third-order valence-corrected chi connectivity index (χ3v) is 4.53. The molecule has 0 spiro atoms. The molecule has 0 aliphatic carbocycles. The lowest BCUT2D eigenvalue weighted by Crippen LogP contribution is -2.01. The van der Waals surface area contributed by atoms with Crippen molar-refractivity contribution in [1.82, 2.24) is 0 Å². The van der Waals surface area contributed by atoms with Gasteiger partial charge in [-0.25, -0.2) is 0 Å². The Morgan fingerprint density at radius 3 is 2.00 bits per heavy atom. The van der Waals surface area contributed by atoms with Crippen LogP contribution in [-0.4, -0.2) is 16.4 Å². The minimum absolute atomic E-state index is 0.404. The molecule has 114 valence electrons. The smallest absolute Gasteiger partial charge is 0.261 e. The molecule has 0 fully saturated rings. The van der Waals surface area contributed by atoms with Gasteiger partial charge in [0, 0.05) is 6.61 Å². The van der Waals surface area contributed by atoms with Crippen molar-refractivity contribution >= 4 is 15.3 Å². The van der Waals surface area contributed by atoms with Crippen LogP contribution in [0.1, 0.15) is 42.0 Å². The van der Waals surface area contributed by atoms with Gasteiger partial charge in [0.05, 0.1) is 0 Å². The molecule has 0 amide bonds. The number of aryl methyl sites for hydroxylation is 2. The molecule has 0 aromatic heterocycles. The minimum Gasteiger partial charge on any atom is -0.412 e. The van der Waals surface area contributed by atoms with Gasteiger partial charge in [-0.05, 0) is 48.1 Å². The highest BCUT2D eigenvalue weighted by Gasteiger charge is 2.09. The van der Waals surface area contributed by atoms with Crippen LogP contribution in [-0.2, 0) is 4.43 Å². The van der Waals surface area contributed by atoms with Gasteiger partial charge in [-0.15, -0.1) is 0 Å². The molecule has 2 heteroatoms. The fourth-order valence-corrected chi connectivity index (χ4v) is 3.20. The Morgan fingerprint density at radius 1 is 0.955 bits per heavy atom. The molecule has 2 radical (unpaired) electrons. The summed E-state index contributed by atoms with van der Waals surface area (Å²) in [4.78, 5) is 0. The standard InChI is InChI=1S/C20H24OSi/c1-4-5-14-21-22-15-20(18-12-8-6-10-16(18)2)19-13-9-7-11-17(19)3/h6-13,15H,4-5,14H2,1-3H3. The molecular formula is C20H24OSi. The molecule has 0 saturated heterocycles. The molecule has 0 atom stereocenters. The first kappa shape index (κ1) is 16.7. The summed E-state index contributed by atoms with van der Waals surface area (Å²) in [6, 6.07) is 17.1. The second-order valence-electron chi connectivity index (χ2n) is 5.51. The molecule has 0 saturated carbocycles. The second kappa shape index (κ2) is 8.72. The second-order valence-corrected chi connectivity index (χ2v) is 6.32. The molecule has 2 rings (SSSR count). The first-order chi connectivity index (χ1) is 10.7. The Kier molecular flexibility index (Phi) is 6.62. The topological polar surface area (TPSA) is 9.23 Å². The molecule has 22 heavy (non-hydrogen) atoms. The predicted molar refractivity (Wildman–Crippen MR) is 96.1 cm³/mol. The van der Waals surface area contributed by atoms with Gasteiger partial charge in [0.15, 0.2) is 0 Å². The summed E-state index contributed by atoms with van der Waals surface area (Å²) >= 11 is 0. The largest absolute Gasteiger partial charge is 0.412 e. The van der Waals surface area contributed by atoms with Crippen molar-refractivity contribution in [2.24, 2.45) is 0 Å². The summed E-state index contributed by atoms with van der Waals surface area (Å²) in [6.45, 7) is 7.37. The van der Waals surface area contributed by atoms with Crippen molar-refractivity contribution in [1.29, 1.82) is 0 Å². The van der Waals surface area contributed by atoms with Gasteiger partial charge in [-0.1, -0.05) is 67.6 Å². The summed E-state index contributed by atoms with van der Waals surface area (Å²) < 4.78 is 5.78. The summed E-state index contributed by atoms with van der Waals surface area (Å²) in [5.74, 6) is 0. The number of hydrogen-bond donors (Lipinski definition) is 0. The van der Waals surface area contributed by atoms with E-state index in [2.05, 4.69) is 75.0 Å². The van der Waals surface area contributed by atoms with Crippen LogP contribution >= 0.6 is 0 Å². The molecule has 0 aliphatic heterocycles. The van der Waals surface area contributed by atoms with Gasteiger partial charge in [-0.3, -0.25) is 0 Å². The van der Waals surface area contributed by atoms with Gasteiger partial charge in [0.2, 0.25) is 0 Å². The summed E-state index contributed by atoms with van der Waals surface area (Å²) in [7, 11) is 0.404. The zero-order valence-electron chi connectivity index (χ0n) is 13.7. The van der Waals surface area contributed by atoms with E-state index in [1.165, 1.54) is 34.2 Å². The predicted octanol–water partition coefficient (Wildman–Crippen LogP) is 5.13. The summed E-state index contributed by atoms with van der Waals surface area (Å²) in [5.41, 5.74) is 8.73. The van der Waals surface area contributed by atoms with Crippen LogP contribution in [0, 0.1) is 13.8 Å². The molecule has 0 unspecified atom stereocenters. The maximum absolute atomic E-state index is 5.78. The zero-order valence-corrected chi connectivity index (χ0v) is 14.7. The molecule has 2 aromatic carbocycles. The maximum Gasteiger partial charge on any atom is 0.261 e. The van der Waals surface area contributed by atoms with Crippen molar-refractivity contribution in [3.05, 3.63) is 76.5 Å². The van der Waals surface area contributed by atoms with Crippen molar-refractivity contribution in [2.75, 3.05) is 6.61 Å². The van der Waals surface area contributed by atoms with E-state index in [1.807, 2.05) is 0 Å². The fraction of sp³-hybridized carbons (Fsp3) is 0.300. The lowest BCUT2D eigenvalue weighted by molar-refractivity contribution is 0.331. The van der Waals surface area contributed by atoms with Gasteiger partial charge in [0.1, 0.15) is 0 Å². The van der Waals surface area contributed by atoms with Crippen LogP contribution in [0.25, 0.3) is 5.57 Å². The monoisotopic (exact) mass is 308 g/mol. The number of unbranched alkanes of at least 4 members (excludes halogenated alkanes) is 1. The minimum atomic E-state index is 0.404. The third kappa shape index (κ3) is 4.42. The first-order valence-electron chi connectivity index (χ1n) is 7.93. The Morgan fingerprint density at radius 2 is 1.50 bits per heavy atom. The lowest BCUT2D eigenvalue weighted by Gasteiger charge is -2.14. The zero-order chi connectivity index (χ0) is 15.8. The summed E-state index contributed by atoms with van der Waals surface area (Å²) in [6.07, 6.45) is 2.31. The van der Waals surface area contributed by atoms with E-state index < -0.39 is 0 Å². The highest BCUT2D eigenvalue weighted by Crippen LogP contribution is 2.28. The van der Waals surface area contributed by atoms with Crippen LogP contribution in [0.2, 0.25) is 0 Å². The molecular weight excluding hydrogens is 284 g/mol. The highest BCUT2D eigenvalue weighted by molar-refractivity contribution is 6.37. The molecule has 0 aliphatic rings. The number of rotatable bonds is 7. The third-order valence-electron chi connectivity index (χ3n) is 3.76. The van der Waals surface area contributed by atoms with Crippen LogP contribution in [0.3, 0.4) is 0 Å². The molecule has 0 heterocycles. The lowest BCUT2D eigenvalue weighted by atomic mass is 9.93. The van der Waals surface area contributed by atoms with Crippen LogP contribution < -0.4 is 0 Å². The quantitative estimate of drug-likeness (QED) is 0.509. The highest BCUT2D eigenvalue weighted by atomic mass is 28.2. The van der Waals surface area contributed by atoms with Crippen molar-refractivity contribution in [2.45, 2.75) is 33.6 Å². The van der Waals surface area contributed by atoms with E-state index in [4.69, 9.17) is 4.43 Å².